The van der Waals surface area contributed by atoms with E-state index >= 15 is 0 Å². The number of aliphatic imine (C=N–C) groups is 2. The molecule has 1 radical (unpaired) electrons. The van der Waals surface area contributed by atoms with Crippen molar-refractivity contribution in [2.24, 2.45) is 9.98 Å². The molecule has 1 aliphatic heterocycles. The van der Waals surface area contributed by atoms with Crippen LogP contribution in [0.15, 0.2) is 9.98 Å². The van der Waals surface area contributed by atoms with Gasteiger partial charge in [-0.15, -0.1) is 10.3 Å². The van der Waals surface area contributed by atoms with Crippen LogP contribution < -0.4 is 5.32 Å². The summed E-state index contributed by atoms with van der Waals surface area (Å²) >= 11 is 4.46. The normalized spacial score (nSPS) is 25.2. The number of hydroxylamine groups is 2. The van der Waals surface area contributed by atoms with Crippen LogP contribution in [-0.4, -0.2) is 40.4 Å². The molecule has 1 N–H and O–H groups in total. The smallest absolute Gasteiger partial charge is 0.121 e. The molecular formula is C10H17N4OS. The molecule has 0 aromatic heterocycles. The van der Waals surface area contributed by atoms with E-state index in [1.165, 1.54) is 0 Å². The fraction of sp³-hybridized carbons (Fsp3) is 0.800. The molecule has 1 saturated heterocycles. The zero-order valence-electron chi connectivity index (χ0n) is 10.1. The Morgan fingerprint density at radius 2 is 2.00 bits per heavy atom. The molecule has 1 heterocycles. The summed E-state index contributed by atoms with van der Waals surface area (Å²) in [6, 6.07) is 0. The first-order valence-corrected chi connectivity index (χ1v) is 5.57. The fourth-order valence-electron chi connectivity index (χ4n) is 1.78. The second-order valence-corrected chi connectivity index (χ2v) is 4.92. The highest BCUT2D eigenvalue weighted by atomic mass is 32.1. The molecule has 0 saturated carbocycles. The molecule has 1 rings (SSSR count). The predicted molar refractivity (Wildman–Crippen MR) is 66.0 cm³/mol. The quantitative estimate of drug-likeness (QED) is 0.459. The summed E-state index contributed by atoms with van der Waals surface area (Å²) in [5, 5.41) is 18.4. The van der Waals surface area contributed by atoms with E-state index in [0.29, 0.717) is 18.9 Å². The number of nitrogens with one attached hydrogen (secondary N) is 1. The van der Waals surface area contributed by atoms with Gasteiger partial charge in [0.05, 0.1) is 18.3 Å². The van der Waals surface area contributed by atoms with E-state index in [2.05, 4.69) is 32.7 Å². The van der Waals surface area contributed by atoms with Crippen LogP contribution in [0.1, 0.15) is 27.7 Å². The van der Waals surface area contributed by atoms with Crippen LogP contribution in [0.2, 0.25) is 0 Å². The molecule has 0 unspecified atom stereocenters. The highest BCUT2D eigenvalue weighted by Crippen LogP contribution is 2.29. The van der Waals surface area contributed by atoms with Gasteiger partial charge in [-0.3, -0.25) is 4.99 Å². The molecule has 89 valence electrons. The van der Waals surface area contributed by atoms with E-state index < -0.39 is 11.2 Å². The maximum absolute atomic E-state index is 12.0. The third kappa shape index (κ3) is 2.47. The molecule has 1 fully saturated rings. The standard InChI is InChI=1S/C10H17N4OS/c1-9(2)8(12-6-5-11-7-16)13-10(3,4)14(9)15/h5-6H2,1-4H3,(H,12,13). The number of hydrogen-bond acceptors (Lipinski definition) is 4. The minimum Gasteiger partial charge on any atom is -0.353 e. The lowest BCUT2D eigenvalue weighted by Crippen LogP contribution is -2.48. The SMILES string of the molecule is CC1(C)NC(=NCCN=C=S)C(C)(C)N1[O]. The molecule has 16 heavy (non-hydrogen) atoms. The van der Waals surface area contributed by atoms with Crippen LogP contribution in [0.3, 0.4) is 0 Å². The van der Waals surface area contributed by atoms with Gasteiger partial charge >= 0.3 is 0 Å². The largest absolute Gasteiger partial charge is 0.353 e. The Morgan fingerprint density at radius 1 is 1.38 bits per heavy atom. The van der Waals surface area contributed by atoms with Crippen molar-refractivity contribution in [3.8, 4) is 0 Å². The molecule has 0 aromatic rings. The van der Waals surface area contributed by atoms with Crippen molar-refractivity contribution in [1.29, 1.82) is 0 Å². The summed E-state index contributed by atoms with van der Waals surface area (Å²) in [6.07, 6.45) is 0. The summed E-state index contributed by atoms with van der Waals surface area (Å²) in [7, 11) is 0. The van der Waals surface area contributed by atoms with Crippen LogP contribution in [-0.2, 0) is 5.21 Å². The third-order valence-corrected chi connectivity index (χ3v) is 2.69. The predicted octanol–water partition coefficient (Wildman–Crippen LogP) is 1.25. The zero-order chi connectivity index (χ0) is 12.4. The molecule has 0 spiro atoms. The van der Waals surface area contributed by atoms with E-state index in [-0.39, 0.29) is 0 Å². The van der Waals surface area contributed by atoms with Crippen LogP contribution in [0.25, 0.3) is 0 Å². The zero-order valence-corrected chi connectivity index (χ0v) is 10.9. The lowest BCUT2D eigenvalue weighted by atomic mass is 10.1. The number of hydrogen-bond donors (Lipinski definition) is 1. The summed E-state index contributed by atoms with van der Waals surface area (Å²) in [5.41, 5.74) is -1.24. The second-order valence-electron chi connectivity index (χ2n) is 4.74. The van der Waals surface area contributed by atoms with Gasteiger partial charge in [-0.1, -0.05) is 0 Å². The lowest BCUT2D eigenvalue weighted by Gasteiger charge is -2.28. The molecule has 0 bridgehead atoms. The summed E-state index contributed by atoms with van der Waals surface area (Å²) in [6.45, 7) is 8.38. The van der Waals surface area contributed by atoms with Crippen LogP contribution >= 0.6 is 12.2 Å². The first kappa shape index (κ1) is 13.3. The molecule has 0 aromatic carbocycles. The first-order chi connectivity index (χ1) is 7.32. The highest BCUT2D eigenvalue weighted by molar-refractivity contribution is 7.78. The van der Waals surface area contributed by atoms with Crippen molar-refractivity contribution in [3.05, 3.63) is 0 Å². The van der Waals surface area contributed by atoms with Gasteiger partial charge in [0.1, 0.15) is 17.0 Å². The molecule has 5 nitrogen and oxygen atoms in total. The third-order valence-electron chi connectivity index (χ3n) is 2.57. The summed E-state index contributed by atoms with van der Waals surface area (Å²) in [5.74, 6) is 0.701. The Bertz CT molecular complexity index is 345. The van der Waals surface area contributed by atoms with Gasteiger partial charge in [0, 0.05) is 0 Å². The monoisotopic (exact) mass is 241 g/mol. The Labute approximate surface area is 101 Å². The maximum atomic E-state index is 12.0. The molecule has 0 amide bonds. The van der Waals surface area contributed by atoms with Crippen molar-refractivity contribution in [3.63, 3.8) is 0 Å². The Hall–Kier alpha value is -0.810. The second kappa shape index (κ2) is 4.59. The van der Waals surface area contributed by atoms with Crippen molar-refractivity contribution >= 4 is 23.2 Å². The van der Waals surface area contributed by atoms with E-state index in [1.54, 1.807) is 0 Å². The minimum atomic E-state index is -0.620. The van der Waals surface area contributed by atoms with Crippen LogP contribution in [0, 0.1) is 0 Å². The van der Waals surface area contributed by atoms with Crippen LogP contribution in [0.4, 0.5) is 0 Å². The van der Waals surface area contributed by atoms with E-state index in [9.17, 15) is 5.21 Å². The Balaban J connectivity index is 2.78. The molecule has 1 aliphatic rings. The first-order valence-electron chi connectivity index (χ1n) is 5.16. The Morgan fingerprint density at radius 3 is 2.44 bits per heavy atom. The number of thiocarbonyl (C=S) groups is 1. The van der Waals surface area contributed by atoms with Gasteiger partial charge in [0.15, 0.2) is 0 Å². The Kier molecular flexibility index (Phi) is 3.80. The van der Waals surface area contributed by atoms with Gasteiger partial charge in [-0.25, -0.2) is 4.99 Å². The number of amidine groups is 1. The topological polar surface area (TPSA) is 59.9 Å². The van der Waals surface area contributed by atoms with E-state index in [1.807, 2.05) is 27.7 Å². The van der Waals surface area contributed by atoms with Gasteiger partial charge in [-0.2, -0.15) is 0 Å². The van der Waals surface area contributed by atoms with Crippen molar-refractivity contribution < 1.29 is 5.21 Å². The van der Waals surface area contributed by atoms with Crippen molar-refractivity contribution in [2.75, 3.05) is 13.1 Å². The van der Waals surface area contributed by atoms with E-state index in [0.717, 1.165) is 5.06 Å². The van der Waals surface area contributed by atoms with Crippen molar-refractivity contribution in [1.82, 2.24) is 10.4 Å². The highest BCUT2D eigenvalue weighted by Gasteiger charge is 2.50. The fourth-order valence-corrected chi connectivity index (χ4v) is 1.87. The summed E-state index contributed by atoms with van der Waals surface area (Å²) in [4.78, 5) is 8.12. The average molecular weight is 241 g/mol. The lowest BCUT2D eigenvalue weighted by molar-refractivity contribution is -0.241. The maximum Gasteiger partial charge on any atom is 0.121 e. The van der Waals surface area contributed by atoms with Gasteiger partial charge in [0.25, 0.3) is 0 Å². The van der Waals surface area contributed by atoms with Gasteiger partial charge in [-0.05, 0) is 39.9 Å². The van der Waals surface area contributed by atoms with Crippen LogP contribution in [0.5, 0.6) is 0 Å². The number of isothiocyanates is 1. The number of nitrogens with zero attached hydrogens (tertiary/aromatic N) is 3. The number of rotatable bonds is 3. The van der Waals surface area contributed by atoms with E-state index in [4.69, 9.17) is 0 Å². The molecule has 6 heteroatoms. The molecule has 0 aliphatic carbocycles. The molecular weight excluding hydrogens is 224 g/mol. The summed E-state index contributed by atoms with van der Waals surface area (Å²) < 4.78 is 0. The van der Waals surface area contributed by atoms with Gasteiger partial charge in [0.2, 0.25) is 0 Å². The minimum absolute atomic E-state index is 0.504. The molecule has 0 atom stereocenters. The average Bonchev–Trinajstić information content (AvgIpc) is 2.34. The van der Waals surface area contributed by atoms with Gasteiger partial charge < -0.3 is 5.32 Å². The van der Waals surface area contributed by atoms with Crippen molar-refractivity contribution in [2.45, 2.75) is 38.9 Å².